The average molecular weight is 162 g/mol. The molecule has 0 aliphatic heterocycles. The van der Waals surface area contributed by atoms with Crippen LogP contribution in [-0.4, -0.2) is 35.9 Å². The topological polar surface area (TPSA) is 76.0 Å². The standard InChI is InChI=1S/C6H10O5/c1-2-3-10-6(9)11-5(8)4-7/h2,5,7-8H,1,3-4H2. The van der Waals surface area contributed by atoms with Crippen LogP contribution in [0.1, 0.15) is 0 Å². The molecule has 0 aromatic carbocycles. The Kier molecular flexibility index (Phi) is 5.14. The van der Waals surface area contributed by atoms with Crippen molar-refractivity contribution in [1.29, 1.82) is 0 Å². The molecular formula is C6H10O5. The minimum atomic E-state index is -1.52. The lowest BCUT2D eigenvalue weighted by molar-refractivity contribution is -0.102. The van der Waals surface area contributed by atoms with Gasteiger partial charge in [0.25, 0.3) is 0 Å². The van der Waals surface area contributed by atoms with Crippen LogP contribution >= 0.6 is 0 Å². The van der Waals surface area contributed by atoms with E-state index >= 15 is 0 Å². The average Bonchev–Trinajstić information content (AvgIpc) is 2.00. The van der Waals surface area contributed by atoms with Crippen molar-refractivity contribution in [3.63, 3.8) is 0 Å². The first-order chi connectivity index (χ1) is 5.20. The van der Waals surface area contributed by atoms with Crippen LogP contribution in [0.25, 0.3) is 0 Å². The summed E-state index contributed by atoms with van der Waals surface area (Å²) in [6, 6.07) is 0. The zero-order valence-corrected chi connectivity index (χ0v) is 5.90. The Morgan fingerprint density at radius 2 is 2.36 bits per heavy atom. The van der Waals surface area contributed by atoms with Crippen LogP contribution in [0.15, 0.2) is 12.7 Å². The van der Waals surface area contributed by atoms with E-state index < -0.39 is 19.1 Å². The Morgan fingerprint density at radius 3 is 2.82 bits per heavy atom. The number of ether oxygens (including phenoxy) is 2. The van der Waals surface area contributed by atoms with Crippen LogP contribution < -0.4 is 0 Å². The van der Waals surface area contributed by atoms with Gasteiger partial charge in [0.05, 0.1) is 0 Å². The Labute approximate surface area is 63.9 Å². The molecule has 0 radical (unpaired) electrons. The summed E-state index contributed by atoms with van der Waals surface area (Å²) >= 11 is 0. The molecule has 5 nitrogen and oxygen atoms in total. The molecule has 64 valence electrons. The van der Waals surface area contributed by atoms with Crippen LogP contribution in [0, 0.1) is 0 Å². The molecule has 0 saturated carbocycles. The summed E-state index contributed by atoms with van der Waals surface area (Å²) in [4.78, 5) is 10.4. The second kappa shape index (κ2) is 5.70. The maximum absolute atomic E-state index is 10.4. The number of aliphatic hydroxyl groups excluding tert-OH is 2. The fraction of sp³-hybridized carbons (Fsp3) is 0.500. The number of hydrogen-bond donors (Lipinski definition) is 2. The first-order valence-corrected chi connectivity index (χ1v) is 2.94. The highest BCUT2D eigenvalue weighted by Gasteiger charge is 2.09. The van der Waals surface area contributed by atoms with Crippen molar-refractivity contribution in [2.45, 2.75) is 6.29 Å². The molecule has 0 amide bonds. The van der Waals surface area contributed by atoms with E-state index in [9.17, 15) is 4.79 Å². The molecule has 1 unspecified atom stereocenters. The quantitative estimate of drug-likeness (QED) is 0.335. The molecule has 2 N–H and O–H groups in total. The van der Waals surface area contributed by atoms with E-state index in [1.807, 2.05) is 0 Å². The lowest BCUT2D eigenvalue weighted by atomic mass is 10.7. The lowest BCUT2D eigenvalue weighted by Crippen LogP contribution is -2.21. The third-order valence-corrected chi connectivity index (χ3v) is 0.707. The molecule has 0 aromatic rings. The van der Waals surface area contributed by atoms with Gasteiger partial charge in [0.15, 0.2) is 0 Å². The molecule has 0 aliphatic carbocycles. The van der Waals surface area contributed by atoms with E-state index in [1.54, 1.807) is 0 Å². The zero-order valence-electron chi connectivity index (χ0n) is 5.90. The molecule has 0 saturated heterocycles. The minimum absolute atomic E-state index is 0.0109. The zero-order chi connectivity index (χ0) is 8.69. The van der Waals surface area contributed by atoms with Gasteiger partial charge in [0.1, 0.15) is 13.2 Å². The summed E-state index contributed by atoms with van der Waals surface area (Å²) in [6.07, 6.45) is -1.20. The molecule has 0 fully saturated rings. The van der Waals surface area contributed by atoms with Crippen LogP contribution in [0.4, 0.5) is 4.79 Å². The Hall–Kier alpha value is -1.07. The van der Waals surface area contributed by atoms with Crippen molar-refractivity contribution < 1.29 is 24.5 Å². The molecule has 0 aromatic heterocycles. The summed E-state index contributed by atoms with van der Waals surface area (Å²) < 4.78 is 8.41. The Balaban J connectivity index is 3.43. The smallest absolute Gasteiger partial charge is 0.430 e. The van der Waals surface area contributed by atoms with Crippen LogP contribution in [0.2, 0.25) is 0 Å². The SMILES string of the molecule is C=CCOC(=O)OC(O)CO. The third-order valence-electron chi connectivity index (χ3n) is 0.707. The first-order valence-electron chi connectivity index (χ1n) is 2.94. The number of hydrogen-bond acceptors (Lipinski definition) is 5. The maximum atomic E-state index is 10.4. The number of carbonyl (C=O) groups excluding carboxylic acids is 1. The van der Waals surface area contributed by atoms with Crippen molar-refractivity contribution >= 4 is 6.16 Å². The fourth-order valence-corrected chi connectivity index (χ4v) is 0.309. The van der Waals surface area contributed by atoms with Crippen LogP contribution in [0.5, 0.6) is 0 Å². The van der Waals surface area contributed by atoms with Gasteiger partial charge in [0, 0.05) is 0 Å². The predicted molar refractivity (Wildman–Crippen MR) is 35.7 cm³/mol. The molecule has 11 heavy (non-hydrogen) atoms. The summed E-state index contributed by atoms with van der Waals surface area (Å²) in [7, 11) is 0. The minimum Gasteiger partial charge on any atom is -0.430 e. The number of carbonyl (C=O) groups is 1. The van der Waals surface area contributed by atoms with Gasteiger partial charge in [-0.1, -0.05) is 12.7 Å². The van der Waals surface area contributed by atoms with Crippen molar-refractivity contribution in [3.05, 3.63) is 12.7 Å². The highest BCUT2D eigenvalue weighted by Crippen LogP contribution is 1.90. The predicted octanol–water partition coefficient (Wildman–Crippen LogP) is -0.364. The Morgan fingerprint density at radius 1 is 1.73 bits per heavy atom. The molecule has 0 spiro atoms. The van der Waals surface area contributed by atoms with Gasteiger partial charge in [-0.05, 0) is 0 Å². The summed E-state index contributed by atoms with van der Waals surface area (Å²) in [6.45, 7) is 2.65. The van der Waals surface area contributed by atoms with E-state index in [4.69, 9.17) is 10.2 Å². The number of aliphatic hydroxyl groups is 2. The van der Waals surface area contributed by atoms with E-state index in [-0.39, 0.29) is 6.61 Å². The van der Waals surface area contributed by atoms with E-state index in [0.29, 0.717) is 0 Å². The lowest BCUT2D eigenvalue weighted by Gasteiger charge is -2.07. The fourth-order valence-electron chi connectivity index (χ4n) is 0.309. The largest absolute Gasteiger partial charge is 0.510 e. The van der Waals surface area contributed by atoms with Gasteiger partial charge in [-0.15, -0.1) is 0 Å². The monoisotopic (exact) mass is 162 g/mol. The summed E-state index contributed by atoms with van der Waals surface area (Å²) in [5, 5.41) is 16.7. The highest BCUT2D eigenvalue weighted by atomic mass is 16.8. The first kappa shape index (κ1) is 9.93. The van der Waals surface area contributed by atoms with Gasteiger partial charge in [0.2, 0.25) is 6.29 Å². The second-order valence-corrected chi connectivity index (χ2v) is 1.60. The third kappa shape index (κ3) is 5.38. The Bertz CT molecular complexity index is 133. The van der Waals surface area contributed by atoms with Gasteiger partial charge < -0.3 is 19.7 Å². The van der Waals surface area contributed by atoms with Crippen LogP contribution in [-0.2, 0) is 9.47 Å². The van der Waals surface area contributed by atoms with Crippen molar-refractivity contribution in [3.8, 4) is 0 Å². The van der Waals surface area contributed by atoms with Gasteiger partial charge >= 0.3 is 6.16 Å². The van der Waals surface area contributed by atoms with Crippen molar-refractivity contribution in [2.75, 3.05) is 13.2 Å². The van der Waals surface area contributed by atoms with Crippen molar-refractivity contribution in [1.82, 2.24) is 0 Å². The molecule has 0 heterocycles. The maximum Gasteiger partial charge on any atom is 0.510 e. The van der Waals surface area contributed by atoms with E-state index in [0.717, 1.165) is 0 Å². The van der Waals surface area contributed by atoms with Gasteiger partial charge in [-0.2, -0.15) is 0 Å². The molecular weight excluding hydrogens is 152 g/mol. The molecule has 0 bridgehead atoms. The van der Waals surface area contributed by atoms with E-state index in [1.165, 1.54) is 6.08 Å². The molecule has 5 heteroatoms. The molecule has 1 atom stereocenters. The second-order valence-electron chi connectivity index (χ2n) is 1.60. The van der Waals surface area contributed by atoms with Gasteiger partial charge in [-0.3, -0.25) is 0 Å². The summed E-state index contributed by atoms with van der Waals surface area (Å²) in [5.74, 6) is 0. The highest BCUT2D eigenvalue weighted by molar-refractivity contribution is 5.60. The summed E-state index contributed by atoms with van der Waals surface area (Å²) in [5.41, 5.74) is 0. The van der Waals surface area contributed by atoms with Crippen molar-refractivity contribution in [2.24, 2.45) is 0 Å². The van der Waals surface area contributed by atoms with Crippen LogP contribution in [0.3, 0.4) is 0 Å². The van der Waals surface area contributed by atoms with Gasteiger partial charge in [-0.25, -0.2) is 4.79 Å². The van der Waals surface area contributed by atoms with E-state index in [2.05, 4.69) is 16.1 Å². The molecule has 0 aliphatic rings. The number of rotatable bonds is 4. The normalized spacial score (nSPS) is 11.8. The molecule has 0 rings (SSSR count).